The summed E-state index contributed by atoms with van der Waals surface area (Å²) < 4.78 is 6.07. The van der Waals surface area contributed by atoms with Gasteiger partial charge in [0.1, 0.15) is 5.76 Å². The van der Waals surface area contributed by atoms with Gasteiger partial charge >= 0.3 is 0 Å². The van der Waals surface area contributed by atoms with E-state index in [9.17, 15) is 4.79 Å². The Morgan fingerprint density at radius 1 is 1.38 bits per heavy atom. The molecule has 21 heavy (non-hydrogen) atoms. The third-order valence-electron chi connectivity index (χ3n) is 3.51. The molecule has 0 radical (unpaired) electrons. The second-order valence-corrected chi connectivity index (χ2v) is 7.56. The first-order valence-corrected chi connectivity index (χ1v) is 8.42. The van der Waals surface area contributed by atoms with Crippen molar-refractivity contribution in [3.05, 3.63) is 38.3 Å². The largest absolute Gasteiger partial charge is 0.361 e. The van der Waals surface area contributed by atoms with E-state index in [0.29, 0.717) is 0 Å². The van der Waals surface area contributed by atoms with Crippen molar-refractivity contribution < 1.29 is 9.32 Å². The van der Waals surface area contributed by atoms with E-state index in [2.05, 4.69) is 26.0 Å². The highest BCUT2D eigenvalue weighted by Crippen LogP contribution is 2.23. The molecular formula is C14H16BrN3O2S. The van der Waals surface area contributed by atoms with Gasteiger partial charge in [-0.3, -0.25) is 9.69 Å². The van der Waals surface area contributed by atoms with Crippen LogP contribution < -0.4 is 0 Å². The van der Waals surface area contributed by atoms with E-state index in [1.54, 1.807) is 0 Å². The van der Waals surface area contributed by atoms with Crippen LogP contribution in [0.3, 0.4) is 0 Å². The summed E-state index contributed by atoms with van der Waals surface area (Å²) in [6.07, 6.45) is 0. The monoisotopic (exact) mass is 369 g/mol. The summed E-state index contributed by atoms with van der Waals surface area (Å²) in [6.45, 7) is 5.92. The average molecular weight is 370 g/mol. The minimum Gasteiger partial charge on any atom is -0.361 e. The van der Waals surface area contributed by atoms with Crippen molar-refractivity contribution in [1.82, 2.24) is 15.0 Å². The highest BCUT2D eigenvalue weighted by atomic mass is 79.9. The number of nitrogens with zero attached hydrogens (tertiary/aromatic N) is 3. The minimum atomic E-state index is 0.127. The smallest absolute Gasteiger partial charge is 0.264 e. The van der Waals surface area contributed by atoms with E-state index >= 15 is 0 Å². The summed E-state index contributed by atoms with van der Waals surface area (Å²) in [5.74, 6) is 0.963. The van der Waals surface area contributed by atoms with Gasteiger partial charge in [-0.25, -0.2) is 0 Å². The standard InChI is InChI=1S/C14H16BrN3O2S/c1-10-8-11(16-20-10)9-17-4-6-18(7-5-17)14(19)12-2-3-13(15)21-12/h2-3,8H,4-7,9H2,1H3. The van der Waals surface area contributed by atoms with Crippen LogP contribution in [0.25, 0.3) is 0 Å². The van der Waals surface area contributed by atoms with Crippen molar-refractivity contribution in [2.45, 2.75) is 13.5 Å². The fourth-order valence-corrected chi connectivity index (χ4v) is 3.77. The molecular weight excluding hydrogens is 354 g/mol. The lowest BCUT2D eigenvalue weighted by Crippen LogP contribution is -2.48. The molecule has 3 heterocycles. The Bertz CT molecular complexity index is 632. The second kappa shape index (κ2) is 6.29. The minimum absolute atomic E-state index is 0.127. The van der Waals surface area contributed by atoms with Gasteiger partial charge in [-0.15, -0.1) is 11.3 Å². The Balaban J connectivity index is 1.54. The zero-order valence-corrected chi connectivity index (χ0v) is 14.1. The molecule has 1 saturated heterocycles. The number of hydrogen-bond acceptors (Lipinski definition) is 5. The van der Waals surface area contributed by atoms with E-state index in [-0.39, 0.29) is 5.91 Å². The quantitative estimate of drug-likeness (QED) is 0.834. The number of hydrogen-bond donors (Lipinski definition) is 0. The molecule has 0 N–H and O–H groups in total. The normalized spacial score (nSPS) is 16.4. The molecule has 2 aromatic heterocycles. The first kappa shape index (κ1) is 14.7. The molecule has 1 aliphatic heterocycles. The molecule has 0 bridgehead atoms. The molecule has 0 aliphatic carbocycles. The molecule has 1 fully saturated rings. The van der Waals surface area contributed by atoms with Crippen LogP contribution in [-0.2, 0) is 6.54 Å². The molecule has 0 atom stereocenters. The van der Waals surface area contributed by atoms with Crippen LogP contribution >= 0.6 is 27.3 Å². The molecule has 0 spiro atoms. The third-order valence-corrected chi connectivity index (χ3v) is 5.12. The molecule has 2 aromatic rings. The maximum Gasteiger partial charge on any atom is 0.264 e. The maximum absolute atomic E-state index is 12.4. The van der Waals surface area contributed by atoms with E-state index in [1.165, 1.54) is 11.3 Å². The molecule has 0 unspecified atom stereocenters. The molecule has 3 rings (SSSR count). The number of aromatic nitrogens is 1. The third kappa shape index (κ3) is 3.53. The lowest BCUT2D eigenvalue weighted by atomic mass is 10.2. The topological polar surface area (TPSA) is 49.6 Å². The number of thiophene rings is 1. The number of carbonyl (C=O) groups excluding carboxylic acids is 1. The molecule has 1 aliphatic rings. The second-order valence-electron chi connectivity index (χ2n) is 5.10. The molecule has 112 valence electrons. The molecule has 1 amide bonds. The van der Waals surface area contributed by atoms with Crippen molar-refractivity contribution in [3.8, 4) is 0 Å². The van der Waals surface area contributed by atoms with Crippen LogP contribution in [0.1, 0.15) is 21.1 Å². The van der Waals surface area contributed by atoms with Crippen molar-refractivity contribution in [3.63, 3.8) is 0 Å². The van der Waals surface area contributed by atoms with Gasteiger partial charge in [-0.2, -0.15) is 0 Å². The summed E-state index contributed by atoms with van der Waals surface area (Å²) >= 11 is 4.88. The first-order chi connectivity index (χ1) is 10.1. The zero-order valence-electron chi connectivity index (χ0n) is 11.7. The van der Waals surface area contributed by atoms with Gasteiger partial charge in [0, 0.05) is 38.8 Å². The van der Waals surface area contributed by atoms with E-state index < -0.39 is 0 Å². The van der Waals surface area contributed by atoms with E-state index in [4.69, 9.17) is 4.52 Å². The molecule has 0 saturated carbocycles. The predicted octanol–water partition coefficient (Wildman–Crippen LogP) is 2.77. The van der Waals surface area contributed by atoms with Crippen LogP contribution in [0.4, 0.5) is 0 Å². The Morgan fingerprint density at radius 3 is 2.71 bits per heavy atom. The van der Waals surface area contributed by atoms with Crippen LogP contribution in [-0.4, -0.2) is 47.0 Å². The summed E-state index contributed by atoms with van der Waals surface area (Å²) in [5, 5.41) is 4.01. The summed E-state index contributed by atoms with van der Waals surface area (Å²) in [5.41, 5.74) is 0.953. The van der Waals surface area contributed by atoms with Gasteiger partial charge in [0.2, 0.25) is 0 Å². The lowest BCUT2D eigenvalue weighted by Gasteiger charge is -2.34. The van der Waals surface area contributed by atoms with E-state index in [1.807, 2.05) is 30.0 Å². The highest BCUT2D eigenvalue weighted by Gasteiger charge is 2.23. The van der Waals surface area contributed by atoms with E-state index in [0.717, 1.165) is 52.8 Å². The fraction of sp³-hybridized carbons (Fsp3) is 0.429. The SMILES string of the molecule is Cc1cc(CN2CCN(C(=O)c3ccc(Br)s3)CC2)no1. The van der Waals surface area contributed by atoms with Gasteiger partial charge in [-0.05, 0) is 35.0 Å². The predicted molar refractivity (Wildman–Crippen MR) is 84.4 cm³/mol. The van der Waals surface area contributed by atoms with Crippen molar-refractivity contribution >= 4 is 33.2 Å². The summed E-state index contributed by atoms with van der Waals surface area (Å²) in [7, 11) is 0. The molecule has 0 aromatic carbocycles. The molecule has 5 nitrogen and oxygen atoms in total. The summed E-state index contributed by atoms with van der Waals surface area (Å²) in [4.78, 5) is 17.4. The lowest BCUT2D eigenvalue weighted by molar-refractivity contribution is 0.0630. The average Bonchev–Trinajstić information content (AvgIpc) is 3.08. The Kier molecular flexibility index (Phi) is 4.42. The van der Waals surface area contributed by atoms with Crippen molar-refractivity contribution in [2.24, 2.45) is 0 Å². The van der Waals surface area contributed by atoms with Gasteiger partial charge < -0.3 is 9.42 Å². The van der Waals surface area contributed by atoms with Crippen LogP contribution in [0.15, 0.2) is 26.5 Å². The highest BCUT2D eigenvalue weighted by molar-refractivity contribution is 9.11. The van der Waals surface area contributed by atoms with Crippen molar-refractivity contribution in [1.29, 1.82) is 0 Å². The number of halogens is 1. The van der Waals surface area contributed by atoms with Gasteiger partial charge in [0.15, 0.2) is 0 Å². The van der Waals surface area contributed by atoms with Gasteiger partial charge in [0.25, 0.3) is 5.91 Å². The van der Waals surface area contributed by atoms with Crippen LogP contribution in [0.5, 0.6) is 0 Å². The number of piperazine rings is 1. The fourth-order valence-electron chi connectivity index (χ4n) is 2.42. The van der Waals surface area contributed by atoms with Gasteiger partial charge in [0.05, 0.1) is 14.4 Å². The first-order valence-electron chi connectivity index (χ1n) is 6.81. The van der Waals surface area contributed by atoms with Gasteiger partial charge in [-0.1, -0.05) is 5.16 Å². The number of amides is 1. The number of rotatable bonds is 3. The van der Waals surface area contributed by atoms with Crippen molar-refractivity contribution in [2.75, 3.05) is 26.2 Å². The summed E-state index contributed by atoms with van der Waals surface area (Å²) in [6, 6.07) is 5.75. The zero-order chi connectivity index (χ0) is 14.8. The Morgan fingerprint density at radius 2 is 2.14 bits per heavy atom. The van der Waals surface area contributed by atoms with Crippen LogP contribution in [0.2, 0.25) is 0 Å². The number of carbonyl (C=O) groups is 1. The molecule has 7 heteroatoms. The van der Waals surface area contributed by atoms with Crippen LogP contribution in [0, 0.1) is 6.92 Å². The Hall–Kier alpha value is -1.18. The Labute approximate surface area is 135 Å². The maximum atomic E-state index is 12.4. The number of aryl methyl sites for hydroxylation is 1.